The molecule has 1 N–H and O–H groups in total. The number of amides is 1. The second kappa shape index (κ2) is 7.45. The van der Waals surface area contributed by atoms with Gasteiger partial charge in [-0.1, -0.05) is 6.07 Å². The van der Waals surface area contributed by atoms with E-state index in [2.05, 4.69) is 5.32 Å². The lowest BCUT2D eigenvalue weighted by Gasteiger charge is -2.10. The lowest BCUT2D eigenvalue weighted by molar-refractivity contribution is -0.385. The zero-order valence-electron chi connectivity index (χ0n) is 13.7. The van der Waals surface area contributed by atoms with Crippen LogP contribution in [0.2, 0.25) is 0 Å². The molecule has 0 aliphatic rings. The molecule has 0 unspecified atom stereocenters. The van der Waals surface area contributed by atoms with E-state index < -0.39 is 10.8 Å². The van der Waals surface area contributed by atoms with Crippen LogP contribution in [0.3, 0.4) is 0 Å². The maximum absolute atomic E-state index is 12.0. The molecule has 2 aromatic carbocycles. The van der Waals surface area contributed by atoms with Crippen LogP contribution in [0.4, 0.5) is 11.4 Å². The first-order valence-corrected chi connectivity index (χ1v) is 7.22. The summed E-state index contributed by atoms with van der Waals surface area (Å²) in [6, 6.07) is 9.84. The van der Waals surface area contributed by atoms with Crippen molar-refractivity contribution >= 4 is 17.3 Å². The first-order chi connectivity index (χ1) is 11.4. The molecule has 0 aromatic heterocycles. The SMILES string of the molecule is COc1ccc(OCC(=O)Nc2cc(C)cc(C)c2)c([N+](=O)[O-])c1. The normalized spacial score (nSPS) is 10.1. The van der Waals surface area contributed by atoms with E-state index in [1.165, 1.54) is 25.3 Å². The Labute approximate surface area is 139 Å². The number of hydrogen-bond donors (Lipinski definition) is 1. The summed E-state index contributed by atoms with van der Waals surface area (Å²) in [6.07, 6.45) is 0. The monoisotopic (exact) mass is 330 g/mol. The third-order valence-electron chi connectivity index (χ3n) is 3.23. The molecule has 7 heteroatoms. The van der Waals surface area contributed by atoms with Gasteiger partial charge in [-0.15, -0.1) is 0 Å². The number of rotatable bonds is 6. The van der Waals surface area contributed by atoms with Crippen molar-refractivity contribution in [3.05, 3.63) is 57.6 Å². The van der Waals surface area contributed by atoms with Crippen LogP contribution in [0.5, 0.6) is 11.5 Å². The number of nitrogens with one attached hydrogen (secondary N) is 1. The molecule has 0 saturated heterocycles. The lowest BCUT2D eigenvalue weighted by Crippen LogP contribution is -2.20. The van der Waals surface area contributed by atoms with Gasteiger partial charge in [0.15, 0.2) is 12.4 Å². The highest BCUT2D eigenvalue weighted by Crippen LogP contribution is 2.30. The second-order valence-electron chi connectivity index (χ2n) is 5.30. The van der Waals surface area contributed by atoms with Crippen LogP contribution in [0.15, 0.2) is 36.4 Å². The van der Waals surface area contributed by atoms with Gasteiger partial charge in [-0.25, -0.2) is 0 Å². The molecular weight excluding hydrogens is 312 g/mol. The number of methoxy groups -OCH3 is 1. The minimum Gasteiger partial charge on any atom is -0.496 e. The minimum atomic E-state index is -0.584. The van der Waals surface area contributed by atoms with Crippen LogP contribution in [0.25, 0.3) is 0 Å². The predicted molar refractivity (Wildman–Crippen MR) is 89.7 cm³/mol. The Bertz CT molecular complexity index is 753. The molecule has 1 amide bonds. The summed E-state index contributed by atoms with van der Waals surface area (Å²) in [5, 5.41) is 13.8. The van der Waals surface area contributed by atoms with E-state index in [0.717, 1.165) is 11.1 Å². The van der Waals surface area contributed by atoms with Crippen molar-refractivity contribution in [1.82, 2.24) is 0 Å². The third kappa shape index (κ3) is 4.45. The molecule has 24 heavy (non-hydrogen) atoms. The van der Waals surface area contributed by atoms with Gasteiger partial charge in [0.05, 0.1) is 18.1 Å². The molecule has 7 nitrogen and oxygen atoms in total. The fourth-order valence-corrected chi connectivity index (χ4v) is 2.28. The molecule has 0 aliphatic carbocycles. The summed E-state index contributed by atoms with van der Waals surface area (Å²) >= 11 is 0. The fraction of sp³-hybridized carbons (Fsp3) is 0.235. The zero-order chi connectivity index (χ0) is 17.7. The van der Waals surface area contributed by atoms with Crippen molar-refractivity contribution in [3.63, 3.8) is 0 Å². The number of nitrogens with zero attached hydrogens (tertiary/aromatic N) is 1. The fourth-order valence-electron chi connectivity index (χ4n) is 2.28. The van der Waals surface area contributed by atoms with Gasteiger partial charge in [-0.2, -0.15) is 0 Å². The van der Waals surface area contributed by atoms with Gasteiger partial charge in [0.1, 0.15) is 5.75 Å². The Kier molecular flexibility index (Phi) is 5.36. The van der Waals surface area contributed by atoms with Crippen LogP contribution < -0.4 is 14.8 Å². The molecule has 0 aliphatic heterocycles. The van der Waals surface area contributed by atoms with Crippen LogP contribution in [0, 0.1) is 24.0 Å². The Morgan fingerprint density at radius 3 is 2.42 bits per heavy atom. The van der Waals surface area contributed by atoms with Crippen LogP contribution in [-0.4, -0.2) is 24.5 Å². The third-order valence-corrected chi connectivity index (χ3v) is 3.23. The average molecular weight is 330 g/mol. The number of carbonyl (C=O) groups is 1. The molecule has 0 saturated carbocycles. The number of nitro benzene ring substituents is 1. The summed E-state index contributed by atoms with van der Waals surface area (Å²) < 4.78 is 10.2. The number of nitro groups is 1. The van der Waals surface area contributed by atoms with Gasteiger partial charge < -0.3 is 14.8 Å². The summed E-state index contributed by atoms with van der Waals surface area (Å²) in [4.78, 5) is 22.5. The number of anilines is 1. The van der Waals surface area contributed by atoms with E-state index in [1.54, 1.807) is 0 Å². The summed E-state index contributed by atoms with van der Waals surface area (Å²) in [5.74, 6) is -0.0461. The van der Waals surface area contributed by atoms with Gasteiger partial charge >= 0.3 is 5.69 Å². The van der Waals surface area contributed by atoms with Crippen molar-refractivity contribution in [2.45, 2.75) is 13.8 Å². The van der Waals surface area contributed by atoms with E-state index in [9.17, 15) is 14.9 Å². The molecule has 0 bridgehead atoms. The number of ether oxygens (including phenoxy) is 2. The summed E-state index contributed by atoms with van der Waals surface area (Å²) in [6.45, 7) is 3.53. The van der Waals surface area contributed by atoms with E-state index in [0.29, 0.717) is 11.4 Å². The van der Waals surface area contributed by atoms with Crippen LogP contribution in [-0.2, 0) is 4.79 Å². The standard InChI is InChI=1S/C17H18N2O5/c1-11-6-12(2)8-13(7-11)18-17(20)10-24-16-5-4-14(23-3)9-15(16)19(21)22/h4-9H,10H2,1-3H3,(H,18,20). The van der Waals surface area contributed by atoms with Crippen molar-refractivity contribution in [2.75, 3.05) is 19.0 Å². The number of benzene rings is 2. The Balaban J connectivity index is 2.05. The van der Waals surface area contributed by atoms with Gasteiger partial charge in [0, 0.05) is 5.69 Å². The van der Waals surface area contributed by atoms with Gasteiger partial charge in [-0.3, -0.25) is 14.9 Å². The van der Waals surface area contributed by atoms with Crippen molar-refractivity contribution < 1.29 is 19.2 Å². The Hall–Kier alpha value is -3.09. The highest BCUT2D eigenvalue weighted by atomic mass is 16.6. The number of aryl methyl sites for hydroxylation is 2. The van der Waals surface area contributed by atoms with Crippen LogP contribution >= 0.6 is 0 Å². The molecule has 0 spiro atoms. The first-order valence-electron chi connectivity index (χ1n) is 7.22. The summed E-state index contributed by atoms with van der Waals surface area (Å²) in [5.41, 5.74) is 2.45. The first kappa shape index (κ1) is 17.3. The van der Waals surface area contributed by atoms with Crippen molar-refractivity contribution in [3.8, 4) is 11.5 Å². The molecular formula is C17H18N2O5. The minimum absolute atomic E-state index is 0.0105. The van der Waals surface area contributed by atoms with Gasteiger partial charge in [0.2, 0.25) is 0 Å². The maximum atomic E-state index is 12.0. The predicted octanol–water partition coefficient (Wildman–Crippen LogP) is 3.24. The van der Waals surface area contributed by atoms with Crippen molar-refractivity contribution in [2.24, 2.45) is 0 Å². The molecule has 2 rings (SSSR count). The van der Waals surface area contributed by atoms with Crippen LogP contribution in [0.1, 0.15) is 11.1 Å². The Morgan fingerprint density at radius 1 is 1.17 bits per heavy atom. The highest BCUT2D eigenvalue weighted by molar-refractivity contribution is 5.92. The summed E-state index contributed by atoms with van der Waals surface area (Å²) in [7, 11) is 1.41. The topological polar surface area (TPSA) is 90.7 Å². The van der Waals surface area contributed by atoms with E-state index in [-0.39, 0.29) is 18.0 Å². The lowest BCUT2D eigenvalue weighted by atomic mass is 10.1. The van der Waals surface area contributed by atoms with Gasteiger partial charge in [-0.05, 0) is 49.2 Å². The Morgan fingerprint density at radius 2 is 1.83 bits per heavy atom. The quantitative estimate of drug-likeness (QED) is 0.648. The van der Waals surface area contributed by atoms with Crippen molar-refractivity contribution in [1.29, 1.82) is 0 Å². The number of carbonyl (C=O) groups excluding carboxylic acids is 1. The second-order valence-corrected chi connectivity index (χ2v) is 5.30. The van der Waals surface area contributed by atoms with Gasteiger partial charge in [0.25, 0.3) is 5.91 Å². The number of hydrogen-bond acceptors (Lipinski definition) is 5. The van der Waals surface area contributed by atoms with E-state index in [1.807, 2.05) is 32.0 Å². The van der Waals surface area contributed by atoms with E-state index >= 15 is 0 Å². The zero-order valence-corrected chi connectivity index (χ0v) is 13.7. The molecule has 126 valence electrons. The molecule has 0 fully saturated rings. The van der Waals surface area contributed by atoms with E-state index in [4.69, 9.17) is 9.47 Å². The largest absolute Gasteiger partial charge is 0.496 e. The molecule has 0 heterocycles. The highest BCUT2D eigenvalue weighted by Gasteiger charge is 2.17. The molecule has 0 atom stereocenters. The smallest absolute Gasteiger partial charge is 0.314 e. The molecule has 2 aromatic rings. The molecule has 0 radical (unpaired) electrons. The maximum Gasteiger partial charge on any atom is 0.314 e. The average Bonchev–Trinajstić information content (AvgIpc) is 2.51.